The summed E-state index contributed by atoms with van der Waals surface area (Å²) in [4.78, 5) is 15.0. The van der Waals surface area contributed by atoms with Crippen LogP contribution in [0.2, 0.25) is 0 Å². The van der Waals surface area contributed by atoms with Crippen LogP contribution in [0.5, 0.6) is 0 Å². The fourth-order valence-corrected chi connectivity index (χ4v) is 5.66. The number of carbonyl (C=O) groups excluding carboxylic acids is 1. The van der Waals surface area contributed by atoms with Gasteiger partial charge in [-0.1, -0.05) is 0 Å². The summed E-state index contributed by atoms with van der Waals surface area (Å²) in [5, 5.41) is 0. The summed E-state index contributed by atoms with van der Waals surface area (Å²) in [5.74, 6) is 3.89. The van der Waals surface area contributed by atoms with Gasteiger partial charge in [0.05, 0.1) is 18.6 Å². The van der Waals surface area contributed by atoms with E-state index in [4.69, 9.17) is 4.74 Å². The average molecular weight is 275 g/mol. The molecule has 4 saturated carbocycles. The highest BCUT2D eigenvalue weighted by molar-refractivity contribution is 5.83. The van der Waals surface area contributed by atoms with Gasteiger partial charge in [0.2, 0.25) is 5.91 Å². The number of ether oxygens (including phenoxy) is 1. The van der Waals surface area contributed by atoms with Crippen molar-refractivity contribution in [3.63, 3.8) is 0 Å². The van der Waals surface area contributed by atoms with Gasteiger partial charge in [0, 0.05) is 13.5 Å². The molecular formula is C17H25NO2. The molecule has 110 valence electrons. The van der Waals surface area contributed by atoms with E-state index in [1.807, 2.05) is 11.9 Å². The van der Waals surface area contributed by atoms with E-state index < -0.39 is 0 Å². The molecule has 5 aliphatic rings. The van der Waals surface area contributed by atoms with Crippen molar-refractivity contribution in [1.29, 1.82) is 0 Å². The number of amides is 1. The van der Waals surface area contributed by atoms with E-state index in [0.717, 1.165) is 55.8 Å². The molecule has 20 heavy (non-hydrogen) atoms. The molecule has 4 fully saturated rings. The summed E-state index contributed by atoms with van der Waals surface area (Å²) in [5.41, 5.74) is -0.0112. The lowest BCUT2D eigenvalue weighted by molar-refractivity contribution is -0.156. The van der Waals surface area contributed by atoms with E-state index in [1.165, 1.54) is 19.3 Å². The maximum atomic E-state index is 13.0. The molecule has 4 bridgehead atoms. The molecule has 0 unspecified atom stereocenters. The fraction of sp³-hybridized carbons (Fsp3) is 0.824. The molecule has 3 nitrogen and oxygen atoms in total. The smallest absolute Gasteiger partial charge is 0.228 e. The van der Waals surface area contributed by atoms with Gasteiger partial charge in [-0.25, -0.2) is 0 Å². The van der Waals surface area contributed by atoms with E-state index in [-0.39, 0.29) is 5.41 Å². The van der Waals surface area contributed by atoms with Crippen LogP contribution in [0.4, 0.5) is 0 Å². The summed E-state index contributed by atoms with van der Waals surface area (Å²) in [6, 6.07) is 0. The molecular weight excluding hydrogens is 250 g/mol. The minimum absolute atomic E-state index is 0.0112. The summed E-state index contributed by atoms with van der Waals surface area (Å²) in [6.07, 6.45) is 10.8. The normalized spacial score (nSPS) is 41.5. The Hall–Kier alpha value is -0.990. The Morgan fingerprint density at radius 3 is 2.35 bits per heavy atom. The minimum atomic E-state index is -0.0112. The fourth-order valence-electron chi connectivity index (χ4n) is 5.66. The Bertz CT molecular complexity index is 419. The van der Waals surface area contributed by atoms with E-state index in [1.54, 1.807) is 0 Å². The van der Waals surface area contributed by atoms with Crippen LogP contribution in [0, 0.1) is 23.2 Å². The van der Waals surface area contributed by atoms with Gasteiger partial charge in [0.25, 0.3) is 0 Å². The van der Waals surface area contributed by atoms with Gasteiger partial charge in [-0.05, 0) is 62.4 Å². The lowest BCUT2D eigenvalue weighted by Crippen LogP contribution is -2.54. The molecule has 0 saturated heterocycles. The van der Waals surface area contributed by atoms with Crippen molar-refractivity contribution in [2.75, 3.05) is 20.2 Å². The monoisotopic (exact) mass is 275 g/mol. The molecule has 3 heteroatoms. The van der Waals surface area contributed by atoms with Crippen molar-refractivity contribution >= 4 is 5.91 Å². The van der Waals surface area contributed by atoms with E-state index >= 15 is 0 Å². The molecule has 0 spiro atoms. The van der Waals surface area contributed by atoms with E-state index in [9.17, 15) is 4.79 Å². The molecule has 0 aromatic rings. The topological polar surface area (TPSA) is 29.5 Å². The van der Waals surface area contributed by atoms with Crippen molar-refractivity contribution in [3.05, 3.63) is 11.8 Å². The van der Waals surface area contributed by atoms with Crippen LogP contribution in [-0.2, 0) is 9.53 Å². The van der Waals surface area contributed by atoms with Crippen molar-refractivity contribution in [2.45, 2.75) is 44.9 Å². The van der Waals surface area contributed by atoms with Crippen LogP contribution in [0.25, 0.3) is 0 Å². The second kappa shape index (κ2) is 4.51. The third kappa shape index (κ3) is 1.97. The minimum Gasteiger partial charge on any atom is -0.496 e. The average Bonchev–Trinajstić information content (AvgIpc) is 2.89. The van der Waals surface area contributed by atoms with Crippen LogP contribution >= 0.6 is 0 Å². The van der Waals surface area contributed by atoms with Gasteiger partial charge < -0.3 is 9.64 Å². The standard InChI is InChI=1S/C17H25NO2/c1-18(11-15-3-2-4-20-15)16(19)17-8-12-5-13(9-17)7-14(6-12)10-17/h3,12-14H,2,4-11H2,1H3. The molecule has 0 aromatic heterocycles. The SMILES string of the molecule is CN(CC1=CCCO1)C(=O)C12CC3CC(CC(C3)C1)C2. The first-order chi connectivity index (χ1) is 9.64. The first-order valence-corrected chi connectivity index (χ1v) is 8.22. The quantitative estimate of drug-likeness (QED) is 0.792. The van der Waals surface area contributed by atoms with Crippen molar-refractivity contribution < 1.29 is 9.53 Å². The van der Waals surface area contributed by atoms with Gasteiger partial charge in [-0.3, -0.25) is 4.79 Å². The molecule has 1 amide bonds. The molecule has 0 radical (unpaired) electrons. The summed E-state index contributed by atoms with van der Waals surface area (Å²) >= 11 is 0. The van der Waals surface area contributed by atoms with Crippen molar-refractivity contribution in [2.24, 2.45) is 23.2 Å². The third-order valence-corrected chi connectivity index (χ3v) is 6.01. The van der Waals surface area contributed by atoms with Gasteiger partial charge in [0.1, 0.15) is 5.76 Å². The lowest BCUT2D eigenvalue weighted by atomic mass is 9.49. The molecule has 0 atom stereocenters. The number of rotatable bonds is 3. The van der Waals surface area contributed by atoms with Crippen molar-refractivity contribution in [1.82, 2.24) is 4.90 Å². The van der Waals surface area contributed by atoms with Crippen molar-refractivity contribution in [3.8, 4) is 0 Å². The molecule has 0 aromatic carbocycles. The number of carbonyl (C=O) groups is 1. The maximum absolute atomic E-state index is 13.0. The second-order valence-corrected chi connectivity index (χ2v) is 7.67. The van der Waals surface area contributed by atoms with E-state index in [2.05, 4.69) is 6.08 Å². The maximum Gasteiger partial charge on any atom is 0.228 e. The summed E-state index contributed by atoms with van der Waals surface area (Å²) in [6.45, 7) is 1.45. The number of hydrogen-bond donors (Lipinski definition) is 0. The molecule has 1 heterocycles. The summed E-state index contributed by atoms with van der Waals surface area (Å²) in [7, 11) is 1.96. The Morgan fingerprint density at radius 2 is 1.85 bits per heavy atom. The Labute approximate surface area is 121 Å². The van der Waals surface area contributed by atoms with Gasteiger partial charge in [-0.2, -0.15) is 0 Å². The molecule has 1 aliphatic heterocycles. The molecule has 5 rings (SSSR count). The van der Waals surface area contributed by atoms with Crippen LogP contribution < -0.4 is 0 Å². The van der Waals surface area contributed by atoms with E-state index in [0.29, 0.717) is 12.5 Å². The number of hydrogen-bond acceptors (Lipinski definition) is 2. The van der Waals surface area contributed by atoms with Gasteiger partial charge >= 0.3 is 0 Å². The Balaban J connectivity index is 1.49. The van der Waals surface area contributed by atoms with Crippen LogP contribution in [0.1, 0.15) is 44.9 Å². The highest BCUT2D eigenvalue weighted by Crippen LogP contribution is 2.60. The van der Waals surface area contributed by atoms with Gasteiger partial charge in [-0.15, -0.1) is 0 Å². The number of nitrogens with zero attached hydrogens (tertiary/aromatic N) is 1. The zero-order chi connectivity index (χ0) is 13.7. The van der Waals surface area contributed by atoms with Gasteiger partial charge in [0.15, 0.2) is 0 Å². The first-order valence-electron chi connectivity index (χ1n) is 8.22. The van der Waals surface area contributed by atoms with Crippen LogP contribution in [0.3, 0.4) is 0 Å². The number of likely N-dealkylation sites (N-methyl/N-ethyl adjacent to an activating group) is 1. The molecule has 4 aliphatic carbocycles. The van der Waals surface area contributed by atoms with Crippen LogP contribution in [0.15, 0.2) is 11.8 Å². The summed E-state index contributed by atoms with van der Waals surface area (Å²) < 4.78 is 5.56. The highest BCUT2D eigenvalue weighted by Gasteiger charge is 2.55. The lowest BCUT2D eigenvalue weighted by Gasteiger charge is -2.56. The third-order valence-electron chi connectivity index (χ3n) is 6.01. The Kier molecular flexibility index (Phi) is 2.87. The first kappa shape index (κ1) is 12.7. The highest BCUT2D eigenvalue weighted by atomic mass is 16.5. The largest absolute Gasteiger partial charge is 0.496 e. The van der Waals surface area contributed by atoms with Crippen LogP contribution in [-0.4, -0.2) is 31.0 Å². The predicted octanol–water partition coefficient (Wildman–Crippen LogP) is 2.97. The zero-order valence-corrected chi connectivity index (χ0v) is 12.4. The molecule has 0 N–H and O–H groups in total. The second-order valence-electron chi connectivity index (χ2n) is 7.67. The predicted molar refractivity (Wildman–Crippen MR) is 76.9 cm³/mol. The zero-order valence-electron chi connectivity index (χ0n) is 12.4. The Morgan fingerprint density at radius 1 is 1.25 bits per heavy atom.